The maximum absolute atomic E-state index is 13.2. The number of anilines is 1. The molecular formula is C29H23N3O7S. The second kappa shape index (κ2) is 11.1. The Kier molecular flexibility index (Phi) is 7.47. The number of methoxy groups -OCH3 is 1. The molecule has 1 fully saturated rings. The monoisotopic (exact) mass is 557 g/mol. The predicted molar refractivity (Wildman–Crippen MR) is 148 cm³/mol. The number of hydrogen-bond donors (Lipinski definition) is 0. The Morgan fingerprint density at radius 3 is 2.48 bits per heavy atom. The van der Waals surface area contributed by atoms with Crippen LogP contribution in [0.5, 0.6) is 5.75 Å². The summed E-state index contributed by atoms with van der Waals surface area (Å²) in [6, 6.07) is 19.2. The maximum atomic E-state index is 13.2. The summed E-state index contributed by atoms with van der Waals surface area (Å²) in [5.41, 5.74) is 1.06. The summed E-state index contributed by atoms with van der Waals surface area (Å²) in [4.78, 5) is 69.1. The molecule has 40 heavy (non-hydrogen) atoms. The number of imide groups is 1. The molecule has 4 aromatic rings. The van der Waals surface area contributed by atoms with Gasteiger partial charge in [-0.05, 0) is 48.5 Å². The molecule has 1 unspecified atom stereocenters. The number of fused-ring (bicyclic) bond motifs is 1. The first kappa shape index (κ1) is 26.8. The summed E-state index contributed by atoms with van der Waals surface area (Å²) in [6.07, 6.45) is -0.0671. The second-order valence-corrected chi connectivity index (χ2v) is 10.1. The number of thioether (sulfide) groups is 1. The summed E-state index contributed by atoms with van der Waals surface area (Å²) in [7, 11) is 3.06. The molecular weight excluding hydrogens is 534 g/mol. The van der Waals surface area contributed by atoms with Crippen molar-refractivity contribution in [2.75, 3.05) is 18.6 Å². The third kappa shape index (κ3) is 5.23. The summed E-state index contributed by atoms with van der Waals surface area (Å²) < 4.78 is 11.6. The maximum Gasteiger partial charge on any atom is 0.338 e. The molecule has 0 radical (unpaired) electrons. The zero-order chi connectivity index (χ0) is 28.4. The van der Waals surface area contributed by atoms with Crippen LogP contribution in [0.25, 0.3) is 10.9 Å². The molecule has 10 nitrogen and oxygen atoms in total. The van der Waals surface area contributed by atoms with Gasteiger partial charge in [-0.25, -0.2) is 14.7 Å². The molecule has 0 bridgehead atoms. The topological polar surface area (TPSA) is 125 Å². The van der Waals surface area contributed by atoms with Crippen molar-refractivity contribution in [2.24, 2.45) is 7.05 Å². The second-order valence-electron chi connectivity index (χ2n) is 8.93. The third-order valence-electron chi connectivity index (χ3n) is 6.38. The van der Waals surface area contributed by atoms with Crippen molar-refractivity contribution in [3.8, 4) is 5.75 Å². The number of carbonyl (C=O) groups is 4. The minimum atomic E-state index is -0.765. The number of esters is 1. The number of benzene rings is 3. The lowest BCUT2D eigenvalue weighted by molar-refractivity contribution is -0.121. The van der Waals surface area contributed by atoms with Crippen LogP contribution in [-0.2, 0) is 21.4 Å². The number of nitrogens with zero attached hydrogens (tertiary/aromatic N) is 3. The molecule has 1 saturated heterocycles. The van der Waals surface area contributed by atoms with Gasteiger partial charge in [0, 0.05) is 19.0 Å². The SMILES string of the molecule is COc1cccc(C(=O)COC(=O)c2ccc(N3C(=O)CC(Sc4nc5ccccc5c(=O)n4C)C3=O)cc2)c1. The van der Waals surface area contributed by atoms with E-state index in [2.05, 4.69) is 4.98 Å². The average Bonchev–Trinajstić information content (AvgIpc) is 3.26. The van der Waals surface area contributed by atoms with Gasteiger partial charge in [0.15, 0.2) is 17.5 Å². The highest BCUT2D eigenvalue weighted by Crippen LogP contribution is 2.33. The van der Waals surface area contributed by atoms with E-state index in [1.54, 1.807) is 55.6 Å². The van der Waals surface area contributed by atoms with Crippen molar-refractivity contribution in [1.29, 1.82) is 0 Å². The molecule has 0 saturated carbocycles. The lowest BCUT2D eigenvalue weighted by Crippen LogP contribution is -2.31. The molecule has 0 spiro atoms. The highest BCUT2D eigenvalue weighted by Gasteiger charge is 2.41. The number of aromatic nitrogens is 2. The normalized spacial score (nSPS) is 14.9. The first-order valence-corrected chi connectivity index (χ1v) is 13.1. The van der Waals surface area contributed by atoms with Crippen LogP contribution >= 0.6 is 11.8 Å². The summed E-state index contributed by atoms with van der Waals surface area (Å²) >= 11 is 1.06. The van der Waals surface area contributed by atoms with Gasteiger partial charge in [-0.2, -0.15) is 0 Å². The van der Waals surface area contributed by atoms with Gasteiger partial charge in [0.25, 0.3) is 5.56 Å². The zero-order valence-corrected chi connectivity index (χ0v) is 22.3. The highest BCUT2D eigenvalue weighted by molar-refractivity contribution is 8.00. The summed E-state index contributed by atoms with van der Waals surface area (Å²) in [5.74, 6) is -1.46. The Hall–Kier alpha value is -4.77. The van der Waals surface area contributed by atoms with Crippen LogP contribution in [0.1, 0.15) is 27.1 Å². The smallest absolute Gasteiger partial charge is 0.338 e. The van der Waals surface area contributed by atoms with Gasteiger partial charge in [-0.15, -0.1) is 0 Å². The van der Waals surface area contributed by atoms with E-state index in [9.17, 15) is 24.0 Å². The number of rotatable bonds is 8. The number of carbonyl (C=O) groups excluding carboxylic acids is 4. The van der Waals surface area contributed by atoms with Crippen LogP contribution in [0, 0.1) is 0 Å². The van der Waals surface area contributed by atoms with E-state index in [0.717, 1.165) is 16.7 Å². The molecule has 1 aliphatic rings. The van der Waals surface area contributed by atoms with Crippen molar-refractivity contribution >= 4 is 51.9 Å². The Balaban J connectivity index is 1.25. The van der Waals surface area contributed by atoms with Gasteiger partial charge in [-0.3, -0.25) is 23.7 Å². The van der Waals surface area contributed by atoms with Gasteiger partial charge < -0.3 is 9.47 Å². The number of ether oxygens (including phenoxy) is 2. The van der Waals surface area contributed by atoms with Crippen LogP contribution in [0.4, 0.5) is 5.69 Å². The summed E-state index contributed by atoms with van der Waals surface area (Å²) in [5, 5.41) is 0.0328. The Labute approximate surface area is 232 Å². The first-order chi connectivity index (χ1) is 19.3. The molecule has 0 aliphatic carbocycles. The molecule has 1 aromatic heterocycles. The fraction of sp³-hybridized carbons (Fsp3) is 0.172. The number of para-hydroxylation sites is 1. The van der Waals surface area contributed by atoms with Crippen molar-refractivity contribution in [1.82, 2.24) is 9.55 Å². The van der Waals surface area contributed by atoms with E-state index in [1.807, 2.05) is 0 Å². The van der Waals surface area contributed by atoms with Gasteiger partial charge in [0.2, 0.25) is 11.8 Å². The molecule has 3 aromatic carbocycles. The fourth-order valence-corrected chi connectivity index (χ4v) is 5.32. The van der Waals surface area contributed by atoms with Gasteiger partial charge in [0.05, 0.1) is 29.3 Å². The molecule has 11 heteroatoms. The van der Waals surface area contributed by atoms with E-state index in [0.29, 0.717) is 33.1 Å². The minimum Gasteiger partial charge on any atom is -0.497 e. The fourth-order valence-electron chi connectivity index (χ4n) is 4.24. The quantitative estimate of drug-likeness (QED) is 0.139. The largest absolute Gasteiger partial charge is 0.497 e. The van der Waals surface area contributed by atoms with Crippen LogP contribution in [0.15, 0.2) is 82.7 Å². The van der Waals surface area contributed by atoms with E-state index < -0.39 is 29.6 Å². The van der Waals surface area contributed by atoms with E-state index in [1.165, 1.54) is 35.9 Å². The third-order valence-corrected chi connectivity index (χ3v) is 7.61. The molecule has 5 rings (SSSR count). The van der Waals surface area contributed by atoms with Gasteiger partial charge >= 0.3 is 5.97 Å². The molecule has 202 valence electrons. The van der Waals surface area contributed by atoms with Crippen molar-refractivity contribution in [2.45, 2.75) is 16.8 Å². The molecule has 1 aliphatic heterocycles. The van der Waals surface area contributed by atoms with Gasteiger partial charge in [0.1, 0.15) is 11.0 Å². The number of ketones is 1. The van der Waals surface area contributed by atoms with Crippen molar-refractivity contribution in [3.63, 3.8) is 0 Å². The van der Waals surface area contributed by atoms with Crippen LogP contribution in [0.3, 0.4) is 0 Å². The molecule has 1 atom stereocenters. The number of hydrogen-bond acceptors (Lipinski definition) is 9. The summed E-state index contributed by atoms with van der Waals surface area (Å²) in [6.45, 7) is -0.457. The lowest BCUT2D eigenvalue weighted by Gasteiger charge is -2.16. The predicted octanol–water partition coefficient (Wildman–Crippen LogP) is 3.41. The lowest BCUT2D eigenvalue weighted by atomic mass is 10.1. The first-order valence-electron chi connectivity index (χ1n) is 12.2. The van der Waals surface area contributed by atoms with Crippen LogP contribution in [0.2, 0.25) is 0 Å². The Bertz CT molecular complexity index is 1720. The van der Waals surface area contributed by atoms with E-state index >= 15 is 0 Å². The van der Waals surface area contributed by atoms with Gasteiger partial charge in [-0.1, -0.05) is 36.0 Å². The molecule has 2 amide bonds. The average molecular weight is 558 g/mol. The van der Waals surface area contributed by atoms with E-state index in [-0.39, 0.29) is 23.3 Å². The van der Waals surface area contributed by atoms with Crippen molar-refractivity contribution < 1.29 is 28.7 Å². The van der Waals surface area contributed by atoms with Crippen molar-refractivity contribution in [3.05, 3.63) is 94.3 Å². The zero-order valence-electron chi connectivity index (χ0n) is 21.5. The number of amides is 2. The van der Waals surface area contributed by atoms with E-state index in [4.69, 9.17) is 9.47 Å². The molecule has 0 N–H and O–H groups in total. The highest BCUT2D eigenvalue weighted by atomic mass is 32.2. The Morgan fingerprint density at radius 1 is 0.975 bits per heavy atom. The van der Waals surface area contributed by atoms with Crippen LogP contribution in [-0.4, -0.2) is 52.1 Å². The van der Waals surface area contributed by atoms with Crippen LogP contribution < -0.4 is 15.2 Å². The Morgan fingerprint density at radius 2 is 1.73 bits per heavy atom. The minimum absolute atomic E-state index is 0.0671. The number of Topliss-reactive ketones (excluding diaryl/α,β-unsaturated/α-hetero) is 1. The molecule has 2 heterocycles. The standard InChI is InChI=1S/C29H23N3O7S/c1-31-26(35)21-8-3-4-9-22(21)30-29(31)40-24-15-25(34)32(27(24)36)19-12-10-17(11-13-19)28(37)39-16-23(33)18-6-5-7-20(14-18)38-2/h3-14,24H,15-16H2,1-2H3.